The van der Waals surface area contributed by atoms with Crippen LogP contribution in [0.25, 0.3) is 0 Å². The number of hydrogen-bond donors (Lipinski definition) is 2. The Morgan fingerprint density at radius 2 is 2.20 bits per heavy atom. The second-order valence-corrected chi connectivity index (χ2v) is 3.46. The van der Waals surface area contributed by atoms with Gasteiger partial charge >= 0.3 is 0 Å². The Morgan fingerprint density at radius 1 is 1.47 bits per heavy atom. The van der Waals surface area contributed by atoms with Crippen LogP contribution in [0.2, 0.25) is 0 Å². The molecule has 1 heterocycles. The molecule has 1 atom stereocenters. The van der Waals surface area contributed by atoms with E-state index in [9.17, 15) is 5.11 Å². The van der Waals surface area contributed by atoms with E-state index in [1.807, 2.05) is 12.1 Å². The van der Waals surface area contributed by atoms with Crippen molar-refractivity contribution in [2.24, 2.45) is 0 Å². The van der Waals surface area contributed by atoms with Crippen LogP contribution in [-0.2, 0) is 17.7 Å². The third-order valence-electron chi connectivity index (χ3n) is 2.10. The topological polar surface area (TPSA) is 54.6 Å². The number of hydrogen-bond acceptors (Lipinski definition) is 4. The molecule has 0 aliphatic rings. The lowest BCUT2D eigenvalue weighted by Gasteiger charge is -2.09. The third-order valence-corrected chi connectivity index (χ3v) is 2.10. The summed E-state index contributed by atoms with van der Waals surface area (Å²) in [6.45, 7) is 3.56. The average Bonchev–Trinajstić information content (AvgIpc) is 2.66. The predicted octanol–water partition coefficient (Wildman–Crippen LogP) is 0.939. The maximum atomic E-state index is 9.36. The van der Waals surface area contributed by atoms with Crippen molar-refractivity contribution < 1.29 is 14.3 Å². The van der Waals surface area contributed by atoms with Gasteiger partial charge in [-0.3, -0.25) is 0 Å². The van der Waals surface area contributed by atoms with Crippen molar-refractivity contribution in [2.75, 3.05) is 20.3 Å². The van der Waals surface area contributed by atoms with Gasteiger partial charge < -0.3 is 19.6 Å². The molecular formula is C11H19NO3. The van der Waals surface area contributed by atoms with Crippen molar-refractivity contribution in [2.45, 2.75) is 26.0 Å². The van der Waals surface area contributed by atoms with E-state index in [0.717, 1.165) is 17.9 Å². The van der Waals surface area contributed by atoms with E-state index in [2.05, 4.69) is 12.2 Å². The first-order chi connectivity index (χ1) is 7.26. The van der Waals surface area contributed by atoms with E-state index >= 15 is 0 Å². The Kier molecular flexibility index (Phi) is 5.39. The molecule has 0 saturated heterocycles. The fourth-order valence-corrected chi connectivity index (χ4v) is 1.32. The lowest BCUT2D eigenvalue weighted by atomic mass is 10.3. The first kappa shape index (κ1) is 12.2. The molecule has 0 saturated carbocycles. The average molecular weight is 213 g/mol. The Balaban J connectivity index is 2.19. The Morgan fingerprint density at radius 3 is 2.80 bits per heavy atom. The fourth-order valence-electron chi connectivity index (χ4n) is 1.32. The van der Waals surface area contributed by atoms with Crippen LogP contribution in [0.1, 0.15) is 18.4 Å². The van der Waals surface area contributed by atoms with E-state index in [-0.39, 0.29) is 0 Å². The van der Waals surface area contributed by atoms with Gasteiger partial charge in [-0.1, -0.05) is 6.92 Å². The van der Waals surface area contributed by atoms with Crippen LogP contribution in [0.4, 0.5) is 0 Å². The molecule has 0 radical (unpaired) electrons. The Hall–Kier alpha value is -0.840. The molecule has 0 aliphatic carbocycles. The number of furan rings is 1. The molecule has 4 nitrogen and oxygen atoms in total. The van der Waals surface area contributed by atoms with Crippen LogP contribution in [-0.4, -0.2) is 31.5 Å². The minimum Gasteiger partial charge on any atom is -0.465 e. The number of nitrogens with one attached hydrogen (secondary N) is 1. The molecule has 15 heavy (non-hydrogen) atoms. The van der Waals surface area contributed by atoms with Gasteiger partial charge in [-0.05, 0) is 12.1 Å². The van der Waals surface area contributed by atoms with E-state index in [0.29, 0.717) is 19.7 Å². The standard InChI is InChI=1S/C11H19NO3/c1-3-10-4-5-11(15-10)7-12-6-9(13)8-14-2/h4-5,9,12-13H,3,6-8H2,1-2H3. The minimum absolute atomic E-state index is 0.353. The Labute approximate surface area is 90.2 Å². The number of methoxy groups -OCH3 is 1. The largest absolute Gasteiger partial charge is 0.465 e. The molecule has 0 fully saturated rings. The summed E-state index contributed by atoms with van der Waals surface area (Å²) in [6.07, 6.45) is 0.447. The zero-order valence-corrected chi connectivity index (χ0v) is 9.32. The summed E-state index contributed by atoms with van der Waals surface area (Å²) in [7, 11) is 1.57. The van der Waals surface area contributed by atoms with Gasteiger partial charge in [0.2, 0.25) is 0 Å². The summed E-state index contributed by atoms with van der Waals surface area (Å²) in [6, 6.07) is 3.93. The van der Waals surface area contributed by atoms with Gasteiger partial charge in [0.1, 0.15) is 11.5 Å². The van der Waals surface area contributed by atoms with Gasteiger partial charge in [0.05, 0.1) is 19.3 Å². The Bertz CT molecular complexity index is 273. The van der Waals surface area contributed by atoms with Crippen LogP contribution in [0.15, 0.2) is 16.5 Å². The second-order valence-electron chi connectivity index (χ2n) is 3.46. The SMILES string of the molecule is CCc1ccc(CNCC(O)COC)o1. The normalized spacial score (nSPS) is 13.0. The predicted molar refractivity (Wildman–Crippen MR) is 57.7 cm³/mol. The van der Waals surface area contributed by atoms with Crippen molar-refractivity contribution in [3.63, 3.8) is 0 Å². The fraction of sp³-hybridized carbons (Fsp3) is 0.636. The highest BCUT2D eigenvalue weighted by atomic mass is 16.5. The molecule has 0 aliphatic heterocycles. The molecule has 1 aromatic rings. The monoisotopic (exact) mass is 213 g/mol. The van der Waals surface area contributed by atoms with E-state index in [1.54, 1.807) is 7.11 Å². The molecule has 1 aromatic heterocycles. The quantitative estimate of drug-likeness (QED) is 0.707. The van der Waals surface area contributed by atoms with Crippen LogP contribution < -0.4 is 5.32 Å². The molecule has 0 bridgehead atoms. The smallest absolute Gasteiger partial charge is 0.117 e. The van der Waals surface area contributed by atoms with Gasteiger partial charge in [-0.15, -0.1) is 0 Å². The number of ether oxygens (including phenoxy) is 1. The highest BCUT2D eigenvalue weighted by Crippen LogP contribution is 2.07. The third kappa shape index (κ3) is 4.46. The van der Waals surface area contributed by atoms with Crippen LogP contribution in [0.5, 0.6) is 0 Å². The van der Waals surface area contributed by atoms with Gasteiger partial charge in [0.25, 0.3) is 0 Å². The van der Waals surface area contributed by atoms with Gasteiger partial charge in [-0.25, -0.2) is 0 Å². The molecular weight excluding hydrogens is 194 g/mol. The number of aliphatic hydroxyl groups excluding tert-OH is 1. The number of rotatable bonds is 7. The number of aryl methyl sites for hydroxylation is 1. The second kappa shape index (κ2) is 6.61. The molecule has 0 aromatic carbocycles. The van der Waals surface area contributed by atoms with Crippen molar-refractivity contribution in [1.82, 2.24) is 5.32 Å². The number of aliphatic hydroxyl groups is 1. The summed E-state index contributed by atoms with van der Waals surface area (Å²) in [4.78, 5) is 0. The summed E-state index contributed by atoms with van der Waals surface area (Å²) in [5.41, 5.74) is 0. The van der Waals surface area contributed by atoms with Crippen molar-refractivity contribution >= 4 is 0 Å². The lowest BCUT2D eigenvalue weighted by molar-refractivity contribution is 0.0641. The lowest BCUT2D eigenvalue weighted by Crippen LogP contribution is -2.29. The molecule has 86 valence electrons. The van der Waals surface area contributed by atoms with Gasteiger partial charge in [0, 0.05) is 20.1 Å². The summed E-state index contributed by atoms with van der Waals surface area (Å²) in [5.74, 6) is 1.89. The van der Waals surface area contributed by atoms with Crippen LogP contribution in [0, 0.1) is 0 Å². The highest BCUT2D eigenvalue weighted by Gasteiger charge is 2.04. The zero-order chi connectivity index (χ0) is 11.1. The molecule has 0 amide bonds. The van der Waals surface area contributed by atoms with Crippen molar-refractivity contribution in [3.05, 3.63) is 23.7 Å². The van der Waals surface area contributed by atoms with Crippen LogP contribution in [0.3, 0.4) is 0 Å². The van der Waals surface area contributed by atoms with Crippen molar-refractivity contribution in [3.8, 4) is 0 Å². The highest BCUT2D eigenvalue weighted by molar-refractivity contribution is 5.06. The molecule has 0 spiro atoms. The van der Waals surface area contributed by atoms with Crippen molar-refractivity contribution in [1.29, 1.82) is 0 Å². The van der Waals surface area contributed by atoms with E-state index in [1.165, 1.54) is 0 Å². The molecule has 4 heteroatoms. The maximum Gasteiger partial charge on any atom is 0.117 e. The summed E-state index contributed by atoms with van der Waals surface area (Å²) < 4.78 is 10.3. The minimum atomic E-state index is -0.462. The van der Waals surface area contributed by atoms with Gasteiger partial charge in [0.15, 0.2) is 0 Å². The molecule has 1 unspecified atom stereocenters. The first-order valence-corrected chi connectivity index (χ1v) is 5.21. The van der Waals surface area contributed by atoms with Gasteiger partial charge in [-0.2, -0.15) is 0 Å². The zero-order valence-electron chi connectivity index (χ0n) is 9.32. The molecule has 2 N–H and O–H groups in total. The maximum absolute atomic E-state index is 9.36. The summed E-state index contributed by atoms with van der Waals surface area (Å²) >= 11 is 0. The first-order valence-electron chi connectivity index (χ1n) is 5.21. The summed E-state index contributed by atoms with van der Waals surface area (Å²) in [5, 5.41) is 12.5. The van der Waals surface area contributed by atoms with Crippen LogP contribution >= 0.6 is 0 Å². The van der Waals surface area contributed by atoms with E-state index in [4.69, 9.17) is 9.15 Å². The molecule has 1 rings (SSSR count). The van der Waals surface area contributed by atoms with E-state index < -0.39 is 6.10 Å².